The highest BCUT2D eigenvalue weighted by molar-refractivity contribution is 6.42. The Bertz CT molecular complexity index is 497. The summed E-state index contributed by atoms with van der Waals surface area (Å²) in [6.45, 7) is 4.25. The smallest absolute Gasteiger partial charge is 0.223 e. The molecular weight excluding hydrogens is 283 g/mol. The summed E-state index contributed by atoms with van der Waals surface area (Å²) in [6, 6.07) is 5.54. The summed E-state index contributed by atoms with van der Waals surface area (Å²) >= 11 is 11.9. The molecule has 1 aliphatic rings. The zero-order valence-corrected chi connectivity index (χ0v) is 12.6. The molecule has 0 radical (unpaired) electrons. The van der Waals surface area contributed by atoms with Crippen LogP contribution in [0.3, 0.4) is 0 Å². The maximum atomic E-state index is 12.0. The lowest BCUT2D eigenvalue weighted by atomic mass is 10.1. The molecule has 1 aromatic rings. The first-order valence-corrected chi connectivity index (χ1v) is 7.05. The number of halogens is 2. The Hall–Kier alpha value is -0.770. The molecule has 5 heteroatoms. The lowest BCUT2D eigenvalue weighted by Crippen LogP contribution is -2.45. The van der Waals surface area contributed by atoms with E-state index in [2.05, 4.69) is 5.32 Å². The molecule has 0 spiro atoms. The van der Waals surface area contributed by atoms with Crippen LogP contribution in [0.1, 0.15) is 31.7 Å². The molecule has 3 nitrogen and oxygen atoms in total. The number of carbonyl (C=O) groups is 1. The van der Waals surface area contributed by atoms with Crippen LogP contribution in [0.5, 0.6) is 0 Å². The standard InChI is InChI=1S/C14H18Cl2N2O/c1-14(2,17)7-18-13(19)10-6-9(10)8-3-4-11(15)12(16)5-8/h3-5,9-10H,6-7,17H2,1-2H3,(H,18,19). The van der Waals surface area contributed by atoms with Crippen LogP contribution in [-0.2, 0) is 4.79 Å². The minimum absolute atomic E-state index is 0.0274. The van der Waals surface area contributed by atoms with Crippen LogP contribution in [-0.4, -0.2) is 18.0 Å². The Morgan fingerprint density at radius 2 is 2.11 bits per heavy atom. The van der Waals surface area contributed by atoms with Crippen molar-refractivity contribution in [3.8, 4) is 0 Å². The molecular formula is C14H18Cl2N2O. The molecule has 1 aliphatic carbocycles. The van der Waals surface area contributed by atoms with E-state index in [1.165, 1.54) is 0 Å². The zero-order chi connectivity index (χ0) is 14.2. The third-order valence-corrected chi connectivity index (χ3v) is 3.96. The second kappa shape index (κ2) is 5.31. The van der Waals surface area contributed by atoms with E-state index in [0.717, 1.165) is 12.0 Å². The number of amides is 1. The summed E-state index contributed by atoms with van der Waals surface area (Å²) in [5, 5.41) is 3.96. The van der Waals surface area contributed by atoms with Crippen molar-refractivity contribution < 1.29 is 4.79 Å². The summed E-state index contributed by atoms with van der Waals surface area (Å²) in [5.74, 6) is 0.338. The van der Waals surface area contributed by atoms with Crippen molar-refractivity contribution in [1.82, 2.24) is 5.32 Å². The molecule has 2 unspecified atom stereocenters. The van der Waals surface area contributed by atoms with E-state index in [9.17, 15) is 4.79 Å². The molecule has 1 amide bonds. The number of nitrogens with one attached hydrogen (secondary N) is 1. The van der Waals surface area contributed by atoms with Gasteiger partial charge in [-0.05, 0) is 43.9 Å². The molecule has 2 atom stereocenters. The molecule has 19 heavy (non-hydrogen) atoms. The average Bonchev–Trinajstić information content (AvgIpc) is 3.09. The number of carbonyl (C=O) groups excluding carboxylic acids is 1. The third kappa shape index (κ3) is 3.85. The fourth-order valence-corrected chi connectivity index (χ4v) is 2.35. The predicted molar refractivity (Wildman–Crippen MR) is 78.6 cm³/mol. The average molecular weight is 301 g/mol. The molecule has 104 valence electrons. The quantitative estimate of drug-likeness (QED) is 0.898. The van der Waals surface area contributed by atoms with Crippen molar-refractivity contribution in [1.29, 1.82) is 0 Å². The molecule has 0 aromatic heterocycles. The minimum Gasteiger partial charge on any atom is -0.354 e. The fraction of sp³-hybridized carbons (Fsp3) is 0.500. The number of nitrogens with two attached hydrogens (primary N) is 1. The van der Waals surface area contributed by atoms with E-state index < -0.39 is 0 Å². The maximum absolute atomic E-state index is 12.0. The monoisotopic (exact) mass is 300 g/mol. The third-order valence-electron chi connectivity index (χ3n) is 3.22. The van der Waals surface area contributed by atoms with Gasteiger partial charge in [-0.15, -0.1) is 0 Å². The highest BCUT2D eigenvalue weighted by Crippen LogP contribution is 2.48. The maximum Gasteiger partial charge on any atom is 0.223 e. The summed E-state index contributed by atoms with van der Waals surface area (Å²) in [7, 11) is 0. The Morgan fingerprint density at radius 1 is 1.42 bits per heavy atom. The topological polar surface area (TPSA) is 55.1 Å². The van der Waals surface area contributed by atoms with E-state index in [0.29, 0.717) is 16.6 Å². The first-order chi connectivity index (χ1) is 8.78. The number of hydrogen-bond acceptors (Lipinski definition) is 2. The van der Waals surface area contributed by atoms with E-state index in [-0.39, 0.29) is 23.3 Å². The molecule has 1 fully saturated rings. The predicted octanol–water partition coefficient (Wildman–Crippen LogP) is 2.95. The van der Waals surface area contributed by atoms with Gasteiger partial charge in [-0.2, -0.15) is 0 Å². The van der Waals surface area contributed by atoms with Crippen LogP contribution >= 0.6 is 23.2 Å². The van der Waals surface area contributed by atoms with Crippen LogP contribution in [0, 0.1) is 5.92 Å². The molecule has 2 rings (SSSR count). The Balaban J connectivity index is 1.93. The van der Waals surface area contributed by atoms with Gasteiger partial charge in [-0.3, -0.25) is 4.79 Å². The van der Waals surface area contributed by atoms with Gasteiger partial charge in [0.1, 0.15) is 0 Å². The van der Waals surface area contributed by atoms with Crippen LogP contribution in [0.25, 0.3) is 0 Å². The molecule has 0 saturated heterocycles. The van der Waals surface area contributed by atoms with E-state index in [4.69, 9.17) is 28.9 Å². The first-order valence-electron chi connectivity index (χ1n) is 6.29. The summed E-state index contributed by atoms with van der Waals surface area (Å²) < 4.78 is 0. The van der Waals surface area contributed by atoms with Gasteiger partial charge in [-0.25, -0.2) is 0 Å². The van der Waals surface area contributed by atoms with Crippen molar-refractivity contribution in [2.75, 3.05) is 6.54 Å². The second-order valence-corrected chi connectivity index (χ2v) is 6.64. The lowest BCUT2D eigenvalue weighted by molar-refractivity contribution is -0.122. The van der Waals surface area contributed by atoms with Crippen molar-refractivity contribution >= 4 is 29.1 Å². The fourth-order valence-electron chi connectivity index (χ4n) is 2.04. The molecule has 0 aliphatic heterocycles. The van der Waals surface area contributed by atoms with E-state index in [1.54, 1.807) is 6.07 Å². The van der Waals surface area contributed by atoms with Gasteiger partial charge in [0.2, 0.25) is 5.91 Å². The van der Waals surface area contributed by atoms with Gasteiger partial charge < -0.3 is 11.1 Å². The summed E-state index contributed by atoms with van der Waals surface area (Å²) in [6.07, 6.45) is 0.856. The van der Waals surface area contributed by atoms with Gasteiger partial charge in [-0.1, -0.05) is 29.3 Å². The highest BCUT2D eigenvalue weighted by atomic mass is 35.5. The SMILES string of the molecule is CC(C)(N)CNC(=O)C1CC1c1ccc(Cl)c(Cl)c1. The number of benzene rings is 1. The van der Waals surface area contributed by atoms with E-state index in [1.807, 2.05) is 26.0 Å². The van der Waals surface area contributed by atoms with Gasteiger partial charge in [0.25, 0.3) is 0 Å². The molecule has 3 N–H and O–H groups in total. The van der Waals surface area contributed by atoms with Crippen LogP contribution in [0.2, 0.25) is 10.0 Å². The largest absolute Gasteiger partial charge is 0.354 e. The Labute approximate surface area is 123 Å². The van der Waals surface area contributed by atoms with Crippen molar-refractivity contribution in [3.05, 3.63) is 33.8 Å². The minimum atomic E-state index is -0.385. The zero-order valence-electron chi connectivity index (χ0n) is 11.0. The highest BCUT2D eigenvalue weighted by Gasteiger charge is 2.44. The normalized spacial score (nSPS) is 22.2. The molecule has 1 aromatic carbocycles. The second-order valence-electron chi connectivity index (χ2n) is 5.83. The van der Waals surface area contributed by atoms with Crippen molar-refractivity contribution in [2.24, 2.45) is 11.7 Å². The molecule has 1 saturated carbocycles. The van der Waals surface area contributed by atoms with Gasteiger partial charge in [0.15, 0.2) is 0 Å². The number of rotatable bonds is 4. The summed E-state index contributed by atoms with van der Waals surface area (Å²) in [5.41, 5.74) is 6.53. The van der Waals surface area contributed by atoms with E-state index >= 15 is 0 Å². The van der Waals surface area contributed by atoms with Crippen LogP contribution < -0.4 is 11.1 Å². The number of hydrogen-bond donors (Lipinski definition) is 2. The van der Waals surface area contributed by atoms with Gasteiger partial charge >= 0.3 is 0 Å². The van der Waals surface area contributed by atoms with Crippen molar-refractivity contribution in [3.63, 3.8) is 0 Å². The summed E-state index contributed by atoms with van der Waals surface area (Å²) in [4.78, 5) is 12.0. The lowest BCUT2D eigenvalue weighted by Gasteiger charge is -2.18. The van der Waals surface area contributed by atoms with Crippen LogP contribution in [0.4, 0.5) is 0 Å². The van der Waals surface area contributed by atoms with Gasteiger partial charge in [0, 0.05) is 18.0 Å². The molecule has 0 bridgehead atoms. The first kappa shape index (κ1) is 14.6. The Kier molecular flexibility index (Phi) is 4.09. The van der Waals surface area contributed by atoms with Crippen molar-refractivity contribution in [2.45, 2.75) is 31.7 Å². The molecule has 0 heterocycles. The van der Waals surface area contributed by atoms with Gasteiger partial charge in [0.05, 0.1) is 10.0 Å². The van der Waals surface area contributed by atoms with Crippen LogP contribution in [0.15, 0.2) is 18.2 Å². The Morgan fingerprint density at radius 3 is 2.68 bits per heavy atom.